The number of carbonyl (C=O) groups excluding carboxylic acids is 2. The van der Waals surface area contributed by atoms with Gasteiger partial charge in [-0.05, 0) is 44.9 Å². The molecule has 1 aromatic carbocycles. The Hall–Kier alpha value is -2.21. The maximum Gasteiger partial charge on any atom is 0.251 e. The van der Waals surface area contributed by atoms with Crippen molar-refractivity contribution in [1.82, 2.24) is 4.57 Å². The number of ketones is 1. The average Bonchev–Trinajstić information content (AvgIpc) is 2.94. The SMILES string of the molecule is CCOc1ccc(C(C)=O)cc1Cn1ccsc1=NC(=O)C1CCC1. The Morgan fingerprint density at radius 1 is 1.36 bits per heavy atom. The molecule has 1 heterocycles. The fraction of sp³-hybridized carbons (Fsp3) is 0.421. The number of carbonyl (C=O) groups is 2. The van der Waals surface area contributed by atoms with Crippen molar-refractivity contribution in [2.75, 3.05) is 6.61 Å². The summed E-state index contributed by atoms with van der Waals surface area (Å²) in [5.74, 6) is 0.840. The van der Waals surface area contributed by atoms with Crippen LogP contribution in [-0.2, 0) is 11.3 Å². The molecule has 1 aliphatic rings. The van der Waals surface area contributed by atoms with Gasteiger partial charge in [0.15, 0.2) is 10.6 Å². The van der Waals surface area contributed by atoms with Crippen LogP contribution >= 0.6 is 11.3 Å². The predicted octanol–water partition coefficient (Wildman–Crippen LogP) is 3.43. The van der Waals surface area contributed by atoms with Crippen LogP contribution in [0.5, 0.6) is 5.75 Å². The number of hydrogen-bond acceptors (Lipinski definition) is 4. The van der Waals surface area contributed by atoms with Crippen molar-refractivity contribution in [2.24, 2.45) is 10.9 Å². The molecule has 3 rings (SSSR count). The summed E-state index contributed by atoms with van der Waals surface area (Å²) in [5, 5.41) is 1.92. The van der Waals surface area contributed by atoms with Gasteiger partial charge in [0, 0.05) is 28.6 Å². The molecule has 132 valence electrons. The van der Waals surface area contributed by atoms with E-state index in [9.17, 15) is 9.59 Å². The smallest absolute Gasteiger partial charge is 0.251 e. The number of Topliss-reactive ketones (excluding diaryl/α,β-unsaturated/α-hetero) is 1. The summed E-state index contributed by atoms with van der Waals surface area (Å²) >= 11 is 1.45. The van der Waals surface area contributed by atoms with E-state index >= 15 is 0 Å². The first-order valence-corrected chi connectivity index (χ1v) is 9.45. The lowest BCUT2D eigenvalue weighted by Crippen LogP contribution is -2.24. The van der Waals surface area contributed by atoms with Crippen LogP contribution in [0.1, 0.15) is 49.0 Å². The summed E-state index contributed by atoms with van der Waals surface area (Å²) in [6.07, 6.45) is 4.92. The molecule has 0 spiro atoms. The second-order valence-electron chi connectivity index (χ2n) is 6.20. The zero-order chi connectivity index (χ0) is 17.8. The van der Waals surface area contributed by atoms with E-state index in [1.165, 1.54) is 11.3 Å². The van der Waals surface area contributed by atoms with Gasteiger partial charge < -0.3 is 9.30 Å². The second-order valence-corrected chi connectivity index (χ2v) is 7.08. The van der Waals surface area contributed by atoms with Gasteiger partial charge >= 0.3 is 0 Å². The number of nitrogens with zero attached hydrogens (tertiary/aromatic N) is 2. The van der Waals surface area contributed by atoms with Gasteiger partial charge in [0.25, 0.3) is 5.91 Å². The zero-order valence-electron chi connectivity index (χ0n) is 14.5. The lowest BCUT2D eigenvalue weighted by atomic mass is 9.85. The molecule has 6 heteroatoms. The Morgan fingerprint density at radius 3 is 2.80 bits per heavy atom. The highest BCUT2D eigenvalue weighted by atomic mass is 32.1. The zero-order valence-corrected chi connectivity index (χ0v) is 15.3. The van der Waals surface area contributed by atoms with Crippen molar-refractivity contribution < 1.29 is 14.3 Å². The van der Waals surface area contributed by atoms with Crippen LogP contribution in [0, 0.1) is 5.92 Å². The van der Waals surface area contributed by atoms with Crippen molar-refractivity contribution >= 4 is 23.0 Å². The van der Waals surface area contributed by atoms with E-state index in [0.29, 0.717) is 23.5 Å². The molecule has 1 amide bonds. The largest absolute Gasteiger partial charge is 0.494 e. The van der Waals surface area contributed by atoms with Gasteiger partial charge in [-0.2, -0.15) is 4.99 Å². The van der Waals surface area contributed by atoms with Gasteiger partial charge in [0.05, 0.1) is 13.2 Å². The van der Waals surface area contributed by atoms with Gasteiger partial charge in [-0.15, -0.1) is 11.3 Å². The fourth-order valence-corrected chi connectivity index (χ4v) is 3.48. The number of aromatic nitrogens is 1. The molecule has 0 saturated heterocycles. The summed E-state index contributed by atoms with van der Waals surface area (Å²) in [6.45, 7) is 4.54. The number of thiazole rings is 1. The molecule has 1 aromatic heterocycles. The molecule has 25 heavy (non-hydrogen) atoms. The highest BCUT2D eigenvalue weighted by molar-refractivity contribution is 7.07. The van der Waals surface area contributed by atoms with E-state index in [1.54, 1.807) is 13.0 Å². The summed E-state index contributed by atoms with van der Waals surface area (Å²) in [5.41, 5.74) is 1.56. The van der Waals surface area contributed by atoms with Crippen LogP contribution in [0.3, 0.4) is 0 Å². The van der Waals surface area contributed by atoms with Crippen molar-refractivity contribution in [2.45, 2.75) is 39.7 Å². The first kappa shape index (κ1) is 17.6. The topological polar surface area (TPSA) is 60.7 Å². The van der Waals surface area contributed by atoms with Crippen LogP contribution in [0.25, 0.3) is 0 Å². The lowest BCUT2D eigenvalue weighted by Gasteiger charge is -2.21. The molecule has 0 aliphatic heterocycles. The minimum atomic E-state index is -0.0232. The third-order valence-electron chi connectivity index (χ3n) is 4.43. The maximum absolute atomic E-state index is 12.2. The van der Waals surface area contributed by atoms with Crippen LogP contribution in [-0.4, -0.2) is 22.9 Å². The predicted molar refractivity (Wildman–Crippen MR) is 96.9 cm³/mol. The van der Waals surface area contributed by atoms with Crippen LogP contribution in [0.2, 0.25) is 0 Å². The molecular weight excluding hydrogens is 336 g/mol. The molecule has 0 N–H and O–H groups in total. The molecule has 5 nitrogen and oxygen atoms in total. The van der Waals surface area contributed by atoms with Crippen LogP contribution in [0.4, 0.5) is 0 Å². The van der Waals surface area contributed by atoms with E-state index < -0.39 is 0 Å². The molecule has 2 aromatic rings. The number of benzene rings is 1. The van der Waals surface area contributed by atoms with E-state index in [-0.39, 0.29) is 17.6 Å². The summed E-state index contributed by atoms with van der Waals surface area (Å²) in [6, 6.07) is 5.47. The minimum Gasteiger partial charge on any atom is -0.494 e. The van der Waals surface area contributed by atoms with Gasteiger partial charge in [-0.3, -0.25) is 9.59 Å². The van der Waals surface area contributed by atoms with Crippen molar-refractivity contribution in [3.63, 3.8) is 0 Å². The van der Waals surface area contributed by atoms with E-state index in [4.69, 9.17) is 4.74 Å². The summed E-state index contributed by atoms with van der Waals surface area (Å²) < 4.78 is 7.62. The van der Waals surface area contributed by atoms with Gasteiger partial charge in [-0.1, -0.05) is 6.42 Å². The highest BCUT2D eigenvalue weighted by Gasteiger charge is 2.24. The quantitative estimate of drug-likeness (QED) is 0.743. The Bertz CT molecular complexity index is 846. The molecule has 0 unspecified atom stereocenters. The standard InChI is InChI=1S/C19H22N2O3S/c1-3-24-17-8-7-15(13(2)22)11-16(17)12-21-9-10-25-19(21)20-18(23)14-5-4-6-14/h7-11,14H,3-6,12H2,1-2H3. The van der Waals surface area contributed by atoms with Crippen LogP contribution < -0.4 is 9.54 Å². The Balaban J connectivity index is 1.91. The van der Waals surface area contributed by atoms with Gasteiger partial charge in [-0.25, -0.2) is 0 Å². The molecule has 1 aliphatic carbocycles. The Kier molecular flexibility index (Phi) is 5.48. The number of ether oxygens (including phenoxy) is 1. The Morgan fingerprint density at radius 2 is 2.16 bits per heavy atom. The number of amides is 1. The maximum atomic E-state index is 12.2. The average molecular weight is 358 g/mol. The molecule has 1 fully saturated rings. The Labute approximate surface area is 151 Å². The number of rotatable bonds is 6. The summed E-state index contributed by atoms with van der Waals surface area (Å²) in [4.78, 5) is 28.8. The number of hydrogen-bond donors (Lipinski definition) is 0. The minimum absolute atomic E-state index is 0.0182. The van der Waals surface area contributed by atoms with Crippen LogP contribution in [0.15, 0.2) is 34.8 Å². The van der Waals surface area contributed by atoms with E-state index in [0.717, 1.165) is 30.6 Å². The highest BCUT2D eigenvalue weighted by Crippen LogP contribution is 2.27. The van der Waals surface area contributed by atoms with Crippen molar-refractivity contribution in [3.8, 4) is 5.75 Å². The normalized spacial score (nSPS) is 15.0. The molecule has 0 radical (unpaired) electrons. The van der Waals surface area contributed by atoms with Gasteiger partial charge in [0.1, 0.15) is 5.75 Å². The molecular formula is C19H22N2O3S. The van der Waals surface area contributed by atoms with Crippen molar-refractivity contribution in [3.05, 3.63) is 45.7 Å². The van der Waals surface area contributed by atoms with Crippen molar-refractivity contribution in [1.29, 1.82) is 0 Å². The first-order chi connectivity index (χ1) is 12.1. The monoisotopic (exact) mass is 358 g/mol. The third-order valence-corrected chi connectivity index (χ3v) is 5.22. The lowest BCUT2D eigenvalue weighted by molar-refractivity contribution is -0.124. The van der Waals surface area contributed by atoms with E-state index in [2.05, 4.69) is 4.99 Å². The third kappa shape index (κ3) is 4.07. The summed E-state index contributed by atoms with van der Waals surface area (Å²) in [7, 11) is 0. The molecule has 0 atom stereocenters. The van der Waals surface area contributed by atoms with Gasteiger partial charge in [0.2, 0.25) is 0 Å². The molecule has 1 saturated carbocycles. The van der Waals surface area contributed by atoms with E-state index in [1.807, 2.05) is 35.2 Å². The second kappa shape index (κ2) is 7.78. The first-order valence-electron chi connectivity index (χ1n) is 8.57. The fourth-order valence-electron chi connectivity index (χ4n) is 2.75. The molecule has 0 bridgehead atoms.